The van der Waals surface area contributed by atoms with Gasteiger partial charge in [-0.15, -0.1) is 0 Å². The number of nitrogens with zero attached hydrogens (tertiary/aromatic N) is 1. The Bertz CT molecular complexity index is 381. The highest BCUT2D eigenvalue weighted by Crippen LogP contribution is 2.15. The van der Waals surface area contributed by atoms with Crippen molar-refractivity contribution in [3.8, 4) is 5.75 Å². The first kappa shape index (κ1) is 11.0. The highest BCUT2D eigenvalue weighted by Gasteiger charge is 2.13. The molecule has 16 heavy (non-hydrogen) atoms. The highest BCUT2D eigenvalue weighted by atomic mass is 16.5. The molecule has 86 valence electrons. The topological polar surface area (TPSA) is 33.6 Å². The average molecular weight is 218 g/mol. The smallest absolute Gasteiger partial charge is 0.128 e. The first-order valence-corrected chi connectivity index (χ1v) is 5.73. The summed E-state index contributed by atoms with van der Waals surface area (Å²) >= 11 is 0. The van der Waals surface area contributed by atoms with E-state index < -0.39 is 0 Å². The Morgan fingerprint density at radius 2 is 2.00 bits per heavy atom. The molecule has 0 amide bonds. The van der Waals surface area contributed by atoms with Crippen LogP contribution >= 0.6 is 0 Å². The van der Waals surface area contributed by atoms with Crippen molar-refractivity contribution in [3.05, 3.63) is 29.8 Å². The summed E-state index contributed by atoms with van der Waals surface area (Å²) in [5.41, 5.74) is 1.13. The van der Waals surface area contributed by atoms with Crippen LogP contribution in [-0.4, -0.2) is 24.5 Å². The molecule has 0 saturated carbocycles. The third kappa shape index (κ3) is 2.54. The molecule has 0 spiro atoms. The zero-order valence-corrected chi connectivity index (χ0v) is 10.0. The number of hydrogen-bond donors (Lipinski definition) is 1. The van der Waals surface area contributed by atoms with E-state index in [1.807, 2.05) is 38.1 Å². The molecule has 0 saturated heterocycles. The Hall–Kier alpha value is -1.51. The first-order valence-electron chi connectivity index (χ1n) is 5.73. The molecule has 2 rings (SSSR count). The van der Waals surface area contributed by atoms with E-state index in [0.29, 0.717) is 6.04 Å². The number of nitrogens with one attached hydrogen (secondary N) is 1. The molecule has 0 aromatic heterocycles. The molecule has 1 atom stereocenters. The largest absolute Gasteiger partial charge is 0.491 e. The van der Waals surface area contributed by atoms with Gasteiger partial charge in [0.2, 0.25) is 0 Å². The van der Waals surface area contributed by atoms with Crippen molar-refractivity contribution in [2.75, 3.05) is 6.54 Å². The fraction of sp³-hybridized carbons (Fsp3) is 0.462. The van der Waals surface area contributed by atoms with Crippen molar-refractivity contribution in [3.63, 3.8) is 0 Å². The fourth-order valence-corrected chi connectivity index (χ4v) is 1.69. The van der Waals surface area contributed by atoms with Gasteiger partial charge in [0.15, 0.2) is 0 Å². The van der Waals surface area contributed by atoms with Crippen LogP contribution in [0.3, 0.4) is 0 Å². The number of ether oxygens (including phenoxy) is 1. The Kier molecular flexibility index (Phi) is 3.13. The predicted molar refractivity (Wildman–Crippen MR) is 66.2 cm³/mol. The van der Waals surface area contributed by atoms with Gasteiger partial charge < -0.3 is 10.1 Å². The minimum Gasteiger partial charge on any atom is -0.491 e. The van der Waals surface area contributed by atoms with Gasteiger partial charge in [-0.05, 0) is 45.0 Å². The van der Waals surface area contributed by atoms with E-state index in [0.717, 1.165) is 23.7 Å². The quantitative estimate of drug-likeness (QED) is 0.844. The van der Waals surface area contributed by atoms with Crippen molar-refractivity contribution >= 4 is 5.84 Å². The van der Waals surface area contributed by atoms with Crippen LogP contribution in [0.1, 0.15) is 26.3 Å². The van der Waals surface area contributed by atoms with E-state index in [1.165, 1.54) is 0 Å². The maximum Gasteiger partial charge on any atom is 0.128 e. The summed E-state index contributed by atoms with van der Waals surface area (Å²) in [6, 6.07) is 8.51. The first-order chi connectivity index (χ1) is 7.65. The standard InChI is InChI=1S/C13H18N2O/c1-9(2)16-12-6-4-11(5-7-12)13-14-8-10(3)15-13/h4-7,9-10H,8H2,1-3H3,(H,14,15). The number of benzene rings is 1. The Morgan fingerprint density at radius 1 is 1.31 bits per heavy atom. The molecule has 3 heteroatoms. The van der Waals surface area contributed by atoms with Crippen LogP contribution in [0.15, 0.2) is 29.3 Å². The lowest BCUT2D eigenvalue weighted by Gasteiger charge is -2.10. The number of hydrogen-bond acceptors (Lipinski definition) is 3. The molecule has 0 fully saturated rings. The predicted octanol–water partition coefficient (Wildman–Crippen LogP) is 2.21. The minimum atomic E-state index is 0.216. The van der Waals surface area contributed by atoms with Gasteiger partial charge >= 0.3 is 0 Å². The zero-order chi connectivity index (χ0) is 11.5. The van der Waals surface area contributed by atoms with Gasteiger partial charge in [-0.1, -0.05) is 0 Å². The van der Waals surface area contributed by atoms with Crippen LogP contribution in [0, 0.1) is 0 Å². The molecule has 1 unspecified atom stereocenters. The summed E-state index contributed by atoms with van der Waals surface area (Å²) in [5.74, 6) is 1.90. The molecule has 1 aliphatic heterocycles. The van der Waals surface area contributed by atoms with Crippen molar-refractivity contribution in [1.82, 2.24) is 5.32 Å². The zero-order valence-electron chi connectivity index (χ0n) is 10.0. The molecule has 0 bridgehead atoms. The van der Waals surface area contributed by atoms with Gasteiger partial charge in [0.05, 0.1) is 12.6 Å². The van der Waals surface area contributed by atoms with Gasteiger partial charge in [-0.2, -0.15) is 0 Å². The normalized spacial score (nSPS) is 19.5. The van der Waals surface area contributed by atoms with Crippen molar-refractivity contribution in [2.45, 2.75) is 32.9 Å². The molecule has 1 N–H and O–H groups in total. The number of amidine groups is 1. The monoisotopic (exact) mass is 218 g/mol. The van der Waals surface area contributed by atoms with E-state index in [1.54, 1.807) is 0 Å². The van der Waals surface area contributed by atoms with Gasteiger partial charge in [-0.25, -0.2) is 0 Å². The second-order valence-electron chi connectivity index (χ2n) is 4.43. The molecular formula is C13H18N2O. The molecule has 0 radical (unpaired) electrons. The van der Waals surface area contributed by atoms with Crippen LogP contribution < -0.4 is 10.1 Å². The van der Waals surface area contributed by atoms with Crippen LogP contribution in [0.4, 0.5) is 0 Å². The highest BCUT2D eigenvalue weighted by molar-refractivity contribution is 6.00. The Balaban J connectivity index is 2.08. The van der Waals surface area contributed by atoms with Crippen LogP contribution in [0.5, 0.6) is 5.75 Å². The number of aliphatic imine (C=N–C) groups is 1. The minimum absolute atomic E-state index is 0.216. The summed E-state index contributed by atoms with van der Waals surface area (Å²) in [6.45, 7) is 7.04. The molecule has 1 aliphatic rings. The Morgan fingerprint density at radius 3 is 2.50 bits per heavy atom. The third-order valence-corrected chi connectivity index (χ3v) is 2.41. The summed E-state index contributed by atoms with van der Waals surface area (Å²) in [6.07, 6.45) is 0.216. The molecular weight excluding hydrogens is 200 g/mol. The van der Waals surface area contributed by atoms with E-state index in [2.05, 4.69) is 17.2 Å². The lowest BCUT2D eigenvalue weighted by atomic mass is 10.2. The average Bonchev–Trinajstić information content (AvgIpc) is 2.65. The van der Waals surface area contributed by atoms with Gasteiger partial charge in [0.25, 0.3) is 0 Å². The van der Waals surface area contributed by atoms with E-state index in [9.17, 15) is 0 Å². The maximum atomic E-state index is 5.59. The molecule has 1 heterocycles. The fourth-order valence-electron chi connectivity index (χ4n) is 1.69. The molecule has 1 aromatic rings. The molecule has 3 nitrogen and oxygen atoms in total. The lowest BCUT2D eigenvalue weighted by Crippen LogP contribution is -2.27. The summed E-state index contributed by atoms with van der Waals surface area (Å²) in [4.78, 5) is 4.44. The third-order valence-electron chi connectivity index (χ3n) is 2.41. The second-order valence-corrected chi connectivity index (χ2v) is 4.43. The van der Waals surface area contributed by atoms with Crippen LogP contribution in [0.25, 0.3) is 0 Å². The maximum absolute atomic E-state index is 5.59. The van der Waals surface area contributed by atoms with E-state index in [-0.39, 0.29) is 6.10 Å². The van der Waals surface area contributed by atoms with Gasteiger partial charge in [0.1, 0.15) is 11.6 Å². The van der Waals surface area contributed by atoms with Gasteiger partial charge in [0, 0.05) is 11.6 Å². The summed E-state index contributed by atoms with van der Waals surface area (Å²) in [7, 11) is 0. The van der Waals surface area contributed by atoms with Crippen molar-refractivity contribution in [2.24, 2.45) is 4.99 Å². The lowest BCUT2D eigenvalue weighted by molar-refractivity contribution is 0.242. The van der Waals surface area contributed by atoms with Crippen molar-refractivity contribution in [1.29, 1.82) is 0 Å². The molecule has 0 aliphatic carbocycles. The Labute approximate surface area is 96.5 Å². The van der Waals surface area contributed by atoms with Gasteiger partial charge in [-0.3, -0.25) is 4.99 Å². The van der Waals surface area contributed by atoms with Crippen LogP contribution in [0.2, 0.25) is 0 Å². The van der Waals surface area contributed by atoms with Crippen molar-refractivity contribution < 1.29 is 4.74 Å². The number of rotatable bonds is 3. The van der Waals surface area contributed by atoms with E-state index in [4.69, 9.17) is 4.74 Å². The van der Waals surface area contributed by atoms with Crippen LogP contribution in [-0.2, 0) is 0 Å². The van der Waals surface area contributed by atoms with E-state index >= 15 is 0 Å². The molecule has 1 aromatic carbocycles. The summed E-state index contributed by atoms with van der Waals surface area (Å²) in [5, 5.41) is 3.34. The second kappa shape index (κ2) is 4.56. The summed E-state index contributed by atoms with van der Waals surface area (Å²) < 4.78 is 5.59. The SMILES string of the molecule is CC1CN=C(c2ccc(OC(C)C)cc2)N1.